The molecule has 3 aromatic rings. The summed E-state index contributed by atoms with van der Waals surface area (Å²) in [4.78, 5) is 67.8. The van der Waals surface area contributed by atoms with E-state index in [4.69, 9.17) is 9.79 Å². The normalized spacial score (nSPS) is 28.0. The molecule has 11 nitrogen and oxygen atoms in total. The Morgan fingerprint density at radius 1 is 1.02 bits per heavy atom. The summed E-state index contributed by atoms with van der Waals surface area (Å²) in [6.45, 7) is 1.39. The van der Waals surface area contributed by atoms with Crippen molar-refractivity contribution in [1.29, 1.82) is 0 Å². The van der Waals surface area contributed by atoms with E-state index in [2.05, 4.69) is 20.5 Å². The van der Waals surface area contributed by atoms with Crippen molar-refractivity contribution < 1.29 is 37.5 Å². The predicted octanol–water partition coefficient (Wildman–Crippen LogP) is 3.81. The first kappa shape index (κ1) is 31.2. The molecule has 244 valence electrons. The molecule has 3 aliphatic heterocycles. The van der Waals surface area contributed by atoms with Crippen LogP contribution in [0.5, 0.6) is 0 Å². The van der Waals surface area contributed by atoms with Gasteiger partial charge in [0.15, 0.2) is 0 Å². The Hall–Kier alpha value is -3.45. The maximum atomic E-state index is 14.3. The Morgan fingerprint density at radius 3 is 2.59 bits per heavy atom. The van der Waals surface area contributed by atoms with Crippen LogP contribution in [-0.4, -0.2) is 74.6 Å². The number of alkyl halides is 2. The molecular weight excluding hydrogens is 639 g/mol. The molecule has 3 amide bonds. The number of fused-ring (bicyclic) bond motifs is 3. The molecule has 0 radical (unpaired) electrons. The molecule has 0 bridgehead atoms. The van der Waals surface area contributed by atoms with Crippen molar-refractivity contribution >= 4 is 52.6 Å². The number of anilines is 1. The number of aromatic nitrogens is 1. The largest absolute Gasteiger partial charge is 0.399 e. The third kappa shape index (κ3) is 5.80. The monoisotopic (exact) mass is 673 g/mol. The van der Waals surface area contributed by atoms with Crippen LogP contribution >= 0.6 is 18.9 Å². The minimum atomic E-state index is -5.75. The highest BCUT2D eigenvalue weighted by molar-refractivity contribution is 7.52. The number of hydrogen-bond acceptors (Lipinski definition) is 7. The van der Waals surface area contributed by atoms with Gasteiger partial charge in [0.2, 0.25) is 11.8 Å². The van der Waals surface area contributed by atoms with Crippen molar-refractivity contribution in [1.82, 2.24) is 20.5 Å². The first-order valence-corrected chi connectivity index (χ1v) is 17.9. The zero-order valence-corrected chi connectivity index (χ0v) is 26.4. The number of benzene rings is 1. The molecule has 0 unspecified atom stereocenters. The van der Waals surface area contributed by atoms with Crippen LogP contribution in [0.1, 0.15) is 53.8 Å². The average molecular weight is 674 g/mol. The Labute approximate surface area is 267 Å². The van der Waals surface area contributed by atoms with E-state index in [9.17, 15) is 27.7 Å². The van der Waals surface area contributed by atoms with Gasteiger partial charge in [-0.25, -0.2) is 4.98 Å². The molecule has 1 aliphatic carbocycles. The van der Waals surface area contributed by atoms with Crippen molar-refractivity contribution in [3.8, 4) is 0 Å². The summed E-state index contributed by atoms with van der Waals surface area (Å²) in [5.41, 5.74) is -5.22. The molecular formula is C31H34F2N5O6PS. The van der Waals surface area contributed by atoms with E-state index in [-0.39, 0.29) is 34.2 Å². The van der Waals surface area contributed by atoms with Gasteiger partial charge in [0.1, 0.15) is 17.9 Å². The van der Waals surface area contributed by atoms with Gasteiger partial charge in [0.25, 0.3) is 5.91 Å². The van der Waals surface area contributed by atoms with E-state index in [1.165, 1.54) is 12.1 Å². The van der Waals surface area contributed by atoms with Crippen molar-refractivity contribution in [3.05, 3.63) is 59.1 Å². The van der Waals surface area contributed by atoms with Gasteiger partial charge in [-0.3, -0.25) is 18.9 Å². The lowest BCUT2D eigenvalue weighted by atomic mass is 9.99. The summed E-state index contributed by atoms with van der Waals surface area (Å²) >= 11 is 1.04. The number of hydrogen-bond donors (Lipinski definition) is 4. The van der Waals surface area contributed by atoms with Crippen molar-refractivity contribution in [2.45, 2.75) is 68.4 Å². The molecule has 1 aromatic carbocycles. The highest BCUT2D eigenvalue weighted by Gasteiger charge is 2.52. The Balaban J connectivity index is 1.06. The zero-order valence-electron chi connectivity index (χ0n) is 24.7. The van der Waals surface area contributed by atoms with E-state index in [1.807, 2.05) is 18.2 Å². The number of rotatable bonds is 7. The number of thiophene rings is 1. The molecule has 46 heavy (non-hydrogen) atoms. The number of carbonyl (C=O) groups is 3. The molecule has 2 aromatic heterocycles. The number of nitrogens with zero attached hydrogens (tertiary/aromatic N) is 3. The number of carbonyl (C=O) groups excluding carboxylic acids is 3. The van der Waals surface area contributed by atoms with Crippen LogP contribution in [0.3, 0.4) is 0 Å². The van der Waals surface area contributed by atoms with Crippen LogP contribution in [0.15, 0.2) is 48.7 Å². The summed E-state index contributed by atoms with van der Waals surface area (Å²) in [6, 6.07) is 8.67. The number of pyridine rings is 1. The van der Waals surface area contributed by atoms with Gasteiger partial charge in [-0.2, -0.15) is 8.78 Å². The topological polar surface area (TPSA) is 152 Å². The van der Waals surface area contributed by atoms with Crippen LogP contribution in [0.4, 0.5) is 14.6 Å². The second-order valence-electron chi connectivity index (χ2n) is 12.8. The smallest absolute Gasteiger partial charge is 0.354 e. The SMILES string of the molecule is O=C(N[C@H]1C[C@@H]2C[C@@H]2C[C@H]2CC[C@@H](C(=O)N[C@@H]3CCN(c4ccccn4)C3)N2C1=O)c1cc2cc(C(F)(F)P(=O)(O)O)ccc2s1. The zero-order chi connectivity index (χ0) is 32.4. The maximum Gasteiger partial charge on any atom is 0.399 e. The van der Waals surface area contributed by atoms with E-state index in [0.717, 1.165) is 61.5 Å². The molecule has 6 atom stereocenters. The molecule has 4 N–H and O–H groups in total. The van der Waals surface area contributed by atoms with Crippen LogP contribution in [0, 0.1) is 11.8 Å². The molecule has 1 saturated carbocycles. The van der Waals surface area contributed by atoms with Crippen LogP contribution in [0.25, 0.3) is 10.1 Å². The fourth-order valence-corrected chi connectivity index (χ4v) is 8.73. The molecule has 3 saturated heterocycles. The molecule has 15 heteroatoms. The van der Waals surface area contributed by atoms with E-state index < -0.39 is 36.8 Å². The third-order valence-electron chi connectivity index (χ3n) is 9.81. The van der Waals surface area contributed by atoms with Gasteiger partial charge in [0.05, 0.1) is 4.88 Å². The van der Waals surface area contributed by atoms with Gasteiger partial charge in [0, 0.05) is 41.6 Å². The van der Waals surface area contributed by atoms with Gasteiger partial charge >= 0.3 is 13.3 Å². The summed E-state index contributed by atoms with van der Waals surface area (Å²) in [6.07, 6.45) is 6.04. The first-order chi connectivity index (χ1) is 21.9. The fraction of sp³-hybridized carbons (Fsp3) is 0.484. The number of nitrogens with one attached hydrogen (secondary N) is 2. The highest BCUT2D eigenvalue weighted by Crippen LogP contribution is 2.59. The average Bonchev–Trinajstić information content (AvgIpc) is 3.39. The predicted molar refractivity (Wildman–Crippen MR) is 167 cm³/mol. The summed E-state index contributed by atoms with van der Waals surface area (Å²) in [5.74, 6) is 0.580. The standard InChI is InChI=1S/C31H34F2N5O6PS/c32-31(33,45(42,43)44)20-4-7-25-19(12-20)15-26(46-25)29(40)36-23-14-18-11-17(18)13-22-5-6-24(38(22)30(23)41)28(39)35-21-8-10-37(16-21)27-3-1-2-9-34-27/h1-4,7,9,12,15,17-18,21-24H,5-6,8,10-11,13-14,16H2,(H,35,39)(H,36,40)(H2,42,43,44)/t17-,18+,21-,22-,23+,24+/m1/s1. The second kappa shape index (κ2) is 11.7. The Kier molecular flexibility index (Phi) is 7.90. The second-order valence-corrected chi connectivity index (χ2v) is 15.6. The van der Waals surface area contributed by atoms with Crippen molar-refractivity contribution in [2.75, 3.05) is 18.0 Å². The van der Waals surface area contributed by atoms with Crippen LogP contribution < -0.4 is 15.5 Å². The Morgan fingerprint density at radius 2 is 1.83 bits per heavy atom. The van der Waals surface area contributed by atoms with Crippen molar-refractivity contribution in [2.24, 2.45) is 11.8 Å². The van der Waals surface area contributed by atoms with Gasteiger partial charge in [-0.15, -0.1) is 11.3 Å². The number of amides is 3. The lowest BCUT2D eigenvalue weighted by Crippen LogP contribution is -2.57. The fourth-order valence-electron chi connectivity index (χ4n) is 7.31. The van der Waals surface area contributed by atoms with Crippen LogP contribution in [-0.2, 0) is 19.8 Å². The van der Waals surface area contributed by atoms with E-state index >= 15 is 0 Å². The minimum absolute atomic E-state index is 0.0724. The van der Waals surface area contributed by atoms with E-state index in [0.29, 0.717) is 35.9 Å². The van der Waals surface area contributed by atoms with E-state index in [1.54, 1.807) is 11.1 Å². The molecule has 4 aliphatic rings. The number of halogens is 2. The summed E-state index contributed by atoms with van der Waals surface area (Å²) < 4.78 is 40.4. The van der Waals surface area contributed by atoms with Gasteiger partial charge in [-0.05, 0) is 86.1 Å². The molecule has 7 rings (SSSR count). The highest BCUT2D eigenvalue weighted by atomic mass is 32.1. The summed E-state index contributed by atoms with van der Waals surface area (Å²) in [7, 11) is -5.75. The minimum Gasteiger partial charge on any atom is -0.354 e. The molecule has 0 spiro atoms. The quantitative estimate of drug-likeness (QED) is 0.277. The van der Waals surface area contributed by atoms with Crippen molar-refractivity contribution in [3.63, 3.8) is 0 Å². The third-order valence-corrected chi connectivity index (χ3v) is 11.9. The first-order valence-electron chi connectivity index (χ1n) is 15.5. The Bertz CT molecular complexity index is 1740. The summed E-state index contributed by atoms with van der Waals surface area (Å²) in [5, 5.41) is 6.27. The van der Waals surface area contributed by atoms with Gasteiger partial charge < -0.3 is 30.2 Å². The van der Waals surface area contributed by atoms with Gasteiger partial charge in [-0.1, -0.05) is 12.1 Å². The molecule has 4 fully saturated rings. The lowest BCUT2D eigenvalue weighted by molar-refractivity contribution is -0.143. The lowest BCUT2D eigenvalue weighted by Gasteiger charge is -2.35. The van der Waals surface area contributed by atoms with Crippen LogP contribution in [0.2, 0.25) is 0 Å². The molecule has 5 heterocycles. The maximum absolute atomic E-state index is 14.3.